The van der Waals surface area contributed by atoms with Gasteiger partial charge in [-0.05, 0) is 36.7 Å². The zero-order valence-electron chi connectivity index (χ0n) is 13.0. The smallest absolute Gasteiger partial charge is 0.404 e. The molecular formula is C16H23N2O4P. The first-order valence-corrected chi connectivity index (χ1v) is 9.03. The monoisotopic (exact) mass is 338 g/mol. The Morgan fingerprint density at radius 3 is 2.65 bits per heavy atom. The van der Waals surface area contributed by atoms with Crippen LogP contribution in [0, 0.1) is 0 Å². The maximum absolute atomic E-state index is 11.0. The maximum atomic E-state index is 11.0. The summed E-state index contributed by atoms with van der Waals surface area (Å²) in [6, 6.07) is 5.07. The van der Waals surface area contributed by atoms with Crippen LogP contribution < -0.4 is 9.84 Å². The molecule has 7 heteroatoms. The number of nitrogens with zero attached hydrogens (tertiary/aromatic N) is 1. The van der Waals surface area contributed by atoms with Crippen LogP contribution in [0.3, 0.4) is 0 Å². The summed E-state index contributed by atoms with van der Waals surface area (Å²) in [7, 11) is -4.53. The molecule has 0 saturated carbocycles. The van der Waals surface area contributed by atoms with Crippen molar-refractivity contribution in [2.45, 2.75) is 12.3 Å². The number of nitrogens with one attached hydrogen (secondary N) is 1. The number of benzene rings is 1. The SMILES string of the molecule is C=CCN(CC=C)CCC1CNc2ccc(OP(=O)(O)O)cc21. The van der Waals surface area contributed by atoms with Gasteiger partial charge in [-0.25, -0.2) is 4.57 Å². The van der Waals surface area contributed by atoms with E-state index in [4.69, 9.17) is 9.79 Å². The molecule has 0 bridgehead atoms. The highest BCUT2D eigenvalue weighted by Gasteiger charge is 2.24. The first kappa shape index (κ1) is 17.8. The zero-order chi connectivity index (χ0) is 16.9. The third-order valence-corrected chi connectivity index (χ3v) is 4.24. The Bertz CT molecular complexity index is 604. The Morgan fingerprint density at radius 1 is 1.35 bits per heavy atom. The normalized spacial score (nSPS) is 16.7. The minimum absolute atomic E-state index is 0.194. The highest BCUT2D eigenvalue weighted by molar-refractivity contribution is 7.46. The number of hydrogen-bond acceptors (Lipinski definition) is 4. The summed E-state index contributed by atoms with van der Waals surface area (Å²) in [6.07, 6.45) is 4.67. The Hall–Kier alpha value is -1.59. The molecule has 0 aromatic heterocycles. The summed E-state index contributed by atoms with van der Waals surface area (Å²) in [5.41, 5.74) is 2.03. The van der Waals surface area contributed by atoms with E-state index in [9.17, 15) is 4.57 Å². The van der Waals surface area contributed by atoms with E-state index in [1.807, 2.05) is 12.2 Å². The van der Waals surface area contributed by atoms with Crippen molar-refractivity contribution < 1.29 is 18.9 Å². The van der Waals surface area contributed by atoms with Gasteiger partial charge < -0.3 is 9.84 Å². The molecule has 1 aliphatic rings. The second kappa shape index (κ2) is 7.79. The lowest BCUT2D eigenvalue weighted by Crippen LogP contribution is -2.26. The van der Waals surface area contributed by atoms with Gasteiger partial charge in [0, 0.05) is 31.2 Å². The van der Waals surface area contributed by atoms with E-state index < -0.39 is 7.82 Å². The van der Waals surface area contributed by atoms with Crippen molar-refractivity contribution in [1.29, 1.82) is 0 Å². The van der Waals surface area contributed by atoms with Crippen molar-refractivity contribution in [3.05, 3.63) is 49.1 Å². The van der Waals surface area contributed by atoms with Crippen LogP contribution in [0.4, 0.5) is 5.69 Å². The van der Waals surface area contributed by atoms with Gasteiger partial charge >= 0.3 is 7.82 Å². The van der Waals surface area contributed by atoms with E-state index in [2.05, 4.69) is 27.9 Å². The number of rotatable bonds is 9. The molecule has 1 aliphatic heterocycles. The fourth-order valence-corrected chi connectivity index (χ4v) is 3.18. The molecule has 1 heterocycles. The first-order chi connectivity index (χ1) is 10.9. The largest absolute Gasteiger partial charge is 0.524 e. The zero-order valence-corrected chi connectivity index (χ0v) is 13.9. The van der Waals surface area contributed by atoms with Crippen LogP contribution in [0.1, 0.15) is 17.9 Å². The molecule has 1 atom stereocenters. The second-order valence-electron chi connectivity index (χ2n) is 5.53. The van der Waals surface area contributed by atoms with Crippen molar-refractivity contribution in [1.82, 2.24) is 4.90 Å². The van der Waals surface area contributed by atoms with Gasteiger partial charge in [-0.2, -0.15) is 0 Å². The molecule has 0 fully saturated rings. The lowest BCUT2D eigenvalue weighted by molar-refractivity contribution is 0.283. The van der Waals surface area contributed by atoms with Crippen LogP contribution in [0.25, 0.3) is 0 Å². The summed E-state index contributed by atoms with van der Waals surface area (Å²) in [5.74, 6) is 0.474. The Labute approximate surface area is 136 Å². The number of phosphoric ester groups is 1. The van der Waals surface area contributed by atoms with E-state index in [-0.39, 0.29) is 11.7 Å². The van der Waals surface area contributed by atoms with E-state index in [1.165, 1.54) is 0 Å². The lowest BCUT2D eigenvalue weighted by atomic mass is 9.97. The summed E-state index contributed by atoms with van der Waals surface area (Å²) in [5, 5.41) is 3.32. The standard InChI is InChI=1S/C16H23N2O4P/c1-3-8-18(9-4-2)10-7-13-12-17-16-6-5-14(11-15(13)16)22-23(19,20)21/h3-6,11,13,17H,1-2,7-10,12H2,(H2,19,20,21). The second-order valence-corrected chi connectivity index (χ2v) is 6.70. The van der Waals surface area contributed by atoms with Crippen LogP contribution in [-0.4, -0.2) is 40.9 Å². The summed E-state index contributed by atoms with van der Waals surface area (Å²) < 4.78 is 15.7. The van der Waals surface area contributed by atoms with Crippen molar-refractivity contribution in [2.75, 3.05) is 31.5 Å². The molecule has 6 nitrogen and oxygen atoms in total. The predicted molar refractivity (Wildman–Crippen MR) is 91.8 cm³/mol. The highest BCUT2D eigenvalue weighted by Crippen LogP contribution is 2.41. The Morgan fingerprint density at radius 2 is 2.04 bits per heavy atom. The predicted octanol–water partition coefficient (Wildman–Crippen LogP) is 2.73. The molecule has 0 saturated heterocycles. The third-order valence-electron chi connectivity index (χ3n) is 3.79. The van der Waals surface area contributed by atoms with Gasteiger partial charge in [0.05, 0.1) is 0 Å². The van der Waals surface area contributed by atoms with Crippen molar-refractivity contribution in [3.8, 4) is 5.75 Å². The molecule has 0 aliphatic carbocycles. The molecule has 1 unspecified atom stereocenters. The van der Waals surface area contributed by atoms with E-state index in [0.29, 0.717) is 0 Å². The fraction of sp³-hybridized carbons (Fsp3) is 0.375. The minimum Gasteiger partial charge on any atom is -0.404 e. The number of phosphoric acid groups is 1. The number of hydrogen-bond donors (Lipinski definition) is 3. The van der Waals surface area contributed by atoms with Crippen molar-refractivity contribution >= 4 is 13.5 Å². The van der Waals surface area contributed by atoms with Crippen LogP contribution in [0.15, 0.2) is 43.5 Å². The molecule has 0 radical (unpaired) electrons. The topological polar surface area (TPSA) is 82.0 Å². The maximum Gasteiger partial charge on any atom is 0.524 e. The van der Waals surface area contributed by atoms with Crippen LogP contribution in [0.5, 0.6) is 5.75 Å². The average Bonchev–Trinajstić information content (AvgIpc) is 2.86. The van der Waals surface area contributed by atoms with Crippen molar-refractivity contribution in [3.63, 3.8) is 0 Å². The highest BCUT2D eigenvalue weighted by atomic mass is 31.2. The molecule has 0 spiro atoms. The average molecular weight is 338 g/mol. The Balaban J connectivity index is 2.04. The summed E-state index contributed by atoms with van der Waals surface area (Å²) in [6.45, 7) is 10.8. The molecule has 23 heavy (non-hydrogen) atoms. The van der Waals surface area contributed by atoms with Crippen LogP contribution in [-0.2, 0) is 4.57 Å². The fourth-order valence-electron chi connectivity index (χ4n) is 2.80. The first-order valence-electron chi connectivity index (χ1n) is 7.50. The van der Waals surface area contributed by atoms with Gasteiger partial charge in [0.1, 0.15) is 5.75 Å². The van der Waals surface area contributed by atoms with Gasteiger partial charge in [0.2, 0.25) is 0 Å². The molecule has 1 aromatic carbocycles. The number of fused-ring (bicyclic) bond motifs is 1. The van der Waals surface area contributed by atoms with Gasteiger partial charge in [0.25, 0.3) is 0 Å². The summed E-state index contributed by atoms with van der Waals surface area (Å²) in [4.78, 5) is 20.1. The minimum atomic E-state index is -4.53. The van der Waals surface area contributed by atoms with E-state index in [1.54, 1.807) is 18.2 Å². The molecule has 126 valence electrons. The summed E-state index contributed by atoms with van der Waals surface area (Å²) >= 11 is 0. The van der Waals surface area contributed by atoms with E-state index in [0.717, 1.165) is 43.9 Å². The molecule has 3 N–H and O–H groups in total. The van der Waals surface area contributed by atoms with Gasteiger partial charge in [-0.3, -0.25) is 14.7 Å². The van der Waals surface area contributed by atoms with Crippen LogP contribution in [0.2, 0.25) is 0 Å². The molecular weight excluding hydrogens is 315 g/mol. The Kier molecular flexibility index (Phi) is 6.02. The third kappa shape index (κ3) is 5.22. The lowest BCUT2D eigenvalue weighted by Gasteiger charge is -2.21. The van der Waals surface area contributed by atoms with Crippen molar-refractivity contribution in [2.24, 2.45) is 0 Å². The van der Waals surface area contributed by atoms with Gasteiger partial charge in [-0.1, -0.05) is 12.2 Å². The van der Waals surface area contributed by atoms with Crippen LogP contribution >= 0.6 is 7.82 Å². The molecule has 0 amide bonds. The number of anilines is 1. The molecule has 1 aromatic rings. The quantitative estimate of drug-likeness (QED) is 0.474. The molecule has 2 rings (SSSR count). The van der Waals surface area contributed by atoms with Gasteiger partial charge in [0.15, 0.2) is 0 Å². The van der Waals surface area contributed by atoms with Gasteiger partial charge in [-0.15, -0.1) is 13.2 Å². The van der Waals surface area contributed by atoms with E-state index >= 15 is 0 Å².